The highest BCUT2D eigenvalue weighted by molar-refractivity contribution is 5.73. The molecule has 0 aromatic heterocycles. The molecule has 1 heteroatoms. The molecule has 0 aliphatic carbocycles. The molecule has 1 aliphatic rings. The van der Waals surface area contributed by atoms with Crippen LogP contribution in [0.2, 0.25) is 0 Å². The van der Waals surface area contributed by atoms with Gasteiger partial charge in [-0.05, 0) is 18.1 Å². The molecular formula is C17H15O. The first-order valence-electron chi connectivity index (χ1n) is 6.18. The van der Waals surface area contributed by atoms with Crippen LogP contribution < -0.4 is 4.74 Å². The number of hydrogen-bond acceptors (Lipinski definition) is 1. The van der Waals surface area contributed by atoms with E-state index in [0.717, 1.165) is 17.7 Å². The lowest BCUT2D eigenvalue weighted by Crippen LogP contribution is -2.06. The van der Waals surface area contributed by atoms with Crippen molar-refractivity contribution >= 4 is 12.2 Å². The van der Waals surface area contributed by atoms with Gasteiger partial charge >= 0.3 is 0 Å². The first-order chi connectivity index (χ1) is 8.83. The Morgan fingerprint density at radius 2 is 1.83 bits per heavy atom. The fraction of sp³-hybridized carbons (Fsp3) is 0.118. The Morgan fingerprint density at radius 3 is 2.67 bits per heavy atom. The molecule has 18 heavy (non-hydrogen) atoms. The molecule has 1 aliphatic heterocycles. The highest BCUT2D eigenvalue weighted by atomic mass is 16.5. The first kappa shape index (κ1) is 11.1. The molecule has 0 saturated heterocycles. The van der Waals surface area contributed by atoms with Crippen molar-refractivity contribution in [1.29, 1.82) is 0 Å². The van der Waals surface area contributed by atoms with Crippen molar-refractivity contribution in [2.24, 2.45) is 0 Å². The molecule has 0 N–H and O–H groups in total. The molecule has 1 heterocycles. The van der Waals surface area contributed by atoms with Crippen molar-refractivity contribution in [2.75, 3.05) is 0 Å². The summed E-state index contributed by atoms with van der Waals surface area (Å²) in [6, 6.07) is 16.5. The van der Waals surface area contributed by atoms with E-state index in [9.17, 15) is 0 Å². The van der Waals surface area contributed by atoms with E-state index in [1.807, 2.05) is 18.2 Å². The average Bonchev–Trinajstić information content (AvgIpc) is 2.78. The van der Waals surface area contributed by atoms with E-state index in [2.05, 4.69) is 49.4 Å². The summed E-state index contributed by atoms with van der Waals surface area (Å²) in [4.78, 5) is 0. The van der Waals surface area contributed by atoms with Crippen LogP contribution in [0.25, 0.3) is 12.2 Å². The summed E-state index contributed by atoms with van der Waals surface area (Å²) >= 11 is 0. The topological polar surface area (TPSA) is 9.23 Å². The number of rotatable bonds is 2. The second-order valence-electron chi connectivity index (χ2n) is 4.52. The monoisotopic (exact) mass is 235 g/mol. The molecule has 0 amide bonds. The summed E-state index contributed by atoms with van der Waals surface area (Å²) in [5, 5.41) is 0. The predicted octanol–water partition coefficient (Wildman–Crippen LogP) is 3.99. The average molecular weight is 235 g/mol. The Morgan fingerprint density at radius 1 is 1.00 bits per heavy atom. The Kier molecular flexibility index (Phi) is 2.89. The van der Waals surface area contributed by atoms with Crippen molar-refractivity contribution in [2.45, 2.75) is 12.5 Å². The van der Waals surface area contributed by atoms with Crippen LogP contribution in [0.3, 0.4) is 0 Å². The Balaban J connectivity index is 1.91. The summed E-state index contributed by atoms with van der Waals surface area (Å²) in [5.74, 6) is 0.990. The normalized spacial score (nSPS) is 17.7. The van der Waals surface area contributed by atoms with E-state index in [1.165, 1.54) is 11.1 Å². The van der Waals surface area contributed by atoms with Crippen molar-refractivity contribution in [3.8, 4) is 5.75 Å². The van der Waals surface area contributed by atoms with Crippen LogP contribution in [0.4, 0.5) is 0 Å². The summed E-state index contributed by atoms with van der Waals surface area (Å²) in [6.07, 6.45) is 5.16. The van der Waals surface area contributed by atoms with E-state index in [0.29, 0.717) is 0 Å². The zero-order valence-corrected chi connectivity index (χ0v) is 10.2. The Labute approximate surface area is 108 Å². The van der Waals surface area contributed by atoms with Crippen molar-refractivity contribution in [3.63, 3.8) is 0 Å². The minimum Gasteiger partial charge on any atom is -0.489 e. The molecule has 1 atom stereocenters. The second-order valence-corrected chi connectivity index (χ2v) is 4.52. The summed E-state index contributed by atoms with van der Waals surface area (Å²) in [6.45, 7) is 3.97. The van der Waals surface area contributed by atoms with Crippen LogP contribution in [0.1, 0.15) is 16.7 Å². The van der Waals surface area contributed by atoms with Crippen LogP contribution in [0.5, 0.6) is 5.75 Å². The van der Waals surface area contributed by atoms with E-state index in [4.69, 9.17) is 4.74 Å². The lowest BCUT2D eigenvalue weighted by Gasteiger charge is -2.05. The summed E-state index contributed by atoms with van der Waals surface area (Å²) in [5.41, 5.74) is 3.58. The number of fused-ring (bicyclic) bond motifs is 1. The SMILES string of the molecule is [CH2]C1Cc2cccc(/C=C/c3ccccc3)c2O1. The number of para-hydroxylation sites is 1. The van der Waals surface area contributed by atoms with Crippen molar-refractivity contribution in [1.82, 2.24) is 0 Å². The third kappa shape index (κ3) is 2.17. The summed E-state index contributed by atoms with van der Waals surface area (Å²) in [7, 11) is 0. The largest absolute Gasteiger partial charge is 0.489 e. The molecule has 1 nitrogen and oxygen atoms in total. The van der Waals surface area contributed by atoms with Crippen LogP contribution >= 0.6 is 0 Å². The Bertz CT molecular complexity index is 569. The van der Waals surface area contributed by atoms with E-state index in [-0.39, 0.29) is 6.10 Å². The molecule has 0 spiro atoms. The standard InChI is InChI=1S/C17H15O/c1-13-12-16-9-5-8-15(17(16)18-13)11-10-14-6-3-2-4-7-14/h2-11,13H,1,12H2/b11-10+. The maximum absolute atomic E-state index is 5.76. The van der Waals surface area contributed by atoms with Gasteiger partial charge in [0.1, 0.15) is 11.9 Å². The predicted molar refractivity (Wildman–Crippen MR) is 75.3 cm³/mol. The molecule has 2 aromatic carbocycles. The van der Waals surface area contributed by atoms with Crippen molar-refractivity contribution in [3.05, 3.63) is 72.1 Å². The highest BCUT2D eigenvalue weighted by Crippen LogP contribution is 2.33. The zero-order chi connectivity index (χ0) is 12.4. The van der Waals surface area contributed by atoms with Gasteiger partial charge in [-0.15, -0.1) is 0 Å². The molecular weight excluding hydrogens is 220 g/mol. The van der Waals surface area contributed by atoms with E-state index >= 15 is 0 Å². The van der Waals surface area contributed by atoms with Crippen LogP contribution in [0.15, 0.2) is 48.5 Å². The zero-order valence-electron chi connectivity index (χ0n) is 10.2. The third-order valence-electron chi connectivity index (χ3n) is 3.11. The van der Waals surface area contributed by atoms with Gasteiger partial charge in [-0.25, -0.2) is 0 Å². The highest BCUT2D eigenvalue weighted by Gasteiger charge is 2.20. The van der Waals surface area contributed by atoms with Crippen molar-refractivity contribution < 1.29 is 4.74 Å². The maximum Gasteiger partial charge on any atom is 0.130 e. The summed E-state index contributed by atoms with van der Waals surface area (Å²) < 4.78 is 5.76. The van der Waals surface area contributed by atoms with Gasteiger partial charge in [0.25, 0.3) is 0 Å². The number of benzene rings is 2. The number of hydrogen-bond donors (Lipinski definition) is 0. The smallest absolute Gasteiger partial charge is 0.130 e. The van der Waals surface area contributed by atoms with Crippen LogP contribution in [-0.4, -0.2) is 6.10 Å². The lowest BCUT2D eigenvalue weighted by molar-refractivity contribution is 0.280. The minimum atomic E-state index is 0.0475. The van der Waals surface area contributed by atoms with Gasteiger partial charge in [-0.2, -0.15) is 0 Å². The van der Waals surface area contributed by atoms with Gasteiger partial charge in [0.2, 0.25) is 0 Å². The maximum atomic E-state index is 5.76. The minimum absolute atomic E-state index is 0.0475. The van der Waals surface area contributed by atoms with Gasteiger partial charge in [-0.3, -0.25) is 0 Å². The quantitative estimate of drug-likeness (QED) is 0.715. The molecule has 3 rings (SSSR count). The molecule has 0 bridgehead atoms. The fourth-order valence-corrected chi connectivity index (χ4v) is 2.24. The van der Waals surface area contributed by atoms with Crippen LogP contribution in [-0.2, 0) is 6.42 Å². The van der Waals surface area contributed by atoms with Crippen LogP contribution in [0, 0.1) is 6.92 Å². The molecule has 2 aromatic rings. The van der Waals surface area contributed by atoms with Gasteiger partial charge in [0.05, 0.1) is 0 Å². The van der Waals surface area contributed by atoms with E-state index < -0.39 is 0 Å². The molecule has 89 valence electrons. The molecule has 0 saturated carbocycles. The third-order valence-corrected chi connectivity index (χ3v) is 3.11. The lowest BCUT2D eigenvalue weighted by atomic mass is 10.1. The first-order valence-corrected chi connectivity index (χ1v) is 6.18. The van der Waals surface area contributed by atoms with Gasteiger partial charge in [-0.1, -0.05) is 60.7 Å². The Hall–Kier alpha value is -2.02. The second kappa shape index (κ2) is 4.69. The molecule has 1 radical (unpaired) electrons. The fourth-order valence-electron chi connectivity index (χ4n) is 2.24. The van der Waals surface area contributed by atoms with Gasteiger partial charge < -0.3 is 4.74 Å². The van der Waals surface area contributed by atoms with E-state index in [1.54, 1.807) is 0 Å². The van der Waals surface area contributed by atoms with Gasteiger partial charge in [0, 0.05) is 12.0 Å². The molecule has 1 unspecified atom stereocenters. The number of ether oxygens (including phenoxy) is 1. The van der Waals surface area contributed by atoms with Gasteiger partial charge in [0.15, 0.2) is 0 Å². The molecule has 0 fully saturated rings.